The fraction of sp³-hybridized carbons (Fsp3) is 0.200. The van der Waals surface area contributed by atoms with Crippen molar-refractivity contribution >= 4 is 31.9 Å². The number of alkyl halides is 1. The third-order valence-corrected chi connectivity index (χ3v) is 4.59. The molecule has 2 nitrogen and oxygen atoms in total. The molecule has 106 valence electrons. The second kappa shape index (κ2) is 6.59. The predicted molar refractivity (Wildman–Crippen MR) is 84.4 cm³/mol. The van der Waals surface area contributed by atoms with Crippen molar-refractivity contribution in [2.24, 2.45) is 0 Å². The average molecular weight is 404 g/mol. The van der Waals surface area contributed by atoms with Gasteiger partial charge in [0.25, 0.3) is 0 Å². The van der Waals surface area contributed by atoms with Crippen LogP contribution in [0.3, 0.4) is 0 Å². The van der Waals surface area contributed by atoms with E-state index in [-0.39, 0.29) is 10.6 Å². The van der Waals surface area contributed by atoms with Crippen LogP contribution in [0.25, 0.3) is 0 Å². The Kier molecular flexibility index (Phi) is 5.05. The Hall–Kier alpha value is -1.07. The van der Waals surface area contributed by atoms with Gasteiger partial charge in [-0.05, 0) is 39.7 Å². The number of ether oxygens (including phenoxy) is 2. The number of rotatable bonds is 4. The molecule has 0 aliphatic heterocycles. The zero-order valence-corrected chi connectivity index (χ0v) is 14.2. The number of hydrogen-bond acceptors (Lipinski definition) is 2. The van der Waals surface area contributed by atoms with Crippen molar-refractivity contribution in [3.8, 4) is 11.5 Å². The molecule has 0 amide bonds. The molecule has 0 bridgehead atoms. The van der Waals surface area contributed by atoms with Gasteiger partial charge in [0.1, 0.15) is 5.82 Å². The molecule has 0 heterocycles. The maximum absolute atomic E-state index is 14.1. The molecule has 0 aliphatic rings. The van der Waals surface area contributed by atoms with Gasteiger partial charge in [-0.25, -0.2) is 4.39 Å². The Morgan fingerprint density at radius 2 is 1.75 bits per heavy atom. The van der Waals surface area contributed by atoms with E-state index in [2.05, 4.69) is 31.9 Å². The topological polar surface area (TPSA) is 18.5 Å². The summed E-state index contributed by atoms with van der Waals surface area (Å²) in [6.07, 6.45) is 0. The lowest BCUT2D eigenvalue weighted by Crippen LogP contribution is -1.99. The van der Waals surface area contributed by atoms with E-state index in [1.807, 2.05) is 12.1 Å². The van der Waals surface area contributed by atoms with Crippen LogP contribution in [0.1, 0.15) is 16.0 Å². The lowest BCUT2D eigenvalue weighted by Gasteiger charge is -2.15. The molecule has 0 spiro atoms. The van der Waals surface area contributed by atoms with E-state index in [1.54, 1.807) is 38.5 Å². The molecule has 20 heavy (non-hydrogen) atoms. The van der Waals surface area contributed by atoms with E-state index in [0.717, 1.165) is 5.56 Å². The summed E-state index contributed by atoms with van der Waals surface area (Å²) < 4.78 is 25.0. The third-order valence-electron chi connectivity index (χ3n) is 2.95. The fourth-order valence-corrected chi connectivity index (χ4v) is 2.93. The van der Waals surface area contributed by atoms with Crippen LogP contribution in [-0.2, 0) is 0 Å². The van der Waals surface area contributed by atoms with E-state index in [1.165, 1.54) is 0 Å². The molecule has 2 aromatic carbocycles. The minimum absolute atomic E-state index is 0.264. The summed E-state index contributed by atoms with van der Waals surface area (Å²) in [5.41, 5.74) is 1.45. The van der Waals surface area contributed by atoms with Crippen LogP contribution < -0.4 is 9.47 Å². The van der Waals surface area contributed by atoms with Gasteiger partial charge in [-0.3, -0.25) is 0 Å². The lowest BCUT2D eigenvalue weighted by molar-refractivity contribution is 0.354. The molecule has 1 unspecified atom stereocenters. The molecule has 0 radical (unpaired) electrons. The first-order valence-corrected chi connectivity index (χ1v) is 7.59. The number of methoxy groups -OCH3 is 2. The summed E-state index contributed by atoms with van der Waals surface area (Å²) in [6, 6.07) is 10.7. The van der Waals surface area contributed by atoms with Gasteiger partial charge in [0.05, 0.1) is 23.5 Å². The van der Waals surface area contributed by atoms with Crippen LogP contribution in [0.15, 0.2) is 40.9 Å². The lowest BCUT2D eigenvalue weighted by atomic mass is 10.0. The molecule has 0 saturated heterocycles. The molecule has 0 aromatic heterocycles. The minimum atomic E-state index is -0.274. The highest BCUT2D eigenvalue weighted by atomic mass is 79.9. The molecule has 0 N–H and O–H groups in total. The Balaban J connectivity index is 2.43. The quantitative estimate of drug-likeness (QED) is 0.662. The smallest absolute Gasteiger partial charge is 0.161 e. The number of benzene rings is 2. The van der Waals surface area contributed by atoms with Gasteiger partial charge in [0, 0.05) is 5.56 Å². The highest BCUT2D eigenvalue weighted by Gasteiger charge is 2.18. The van der Waals surface area contributed by atoms with E-state index < -0.39 is 0 Å². The summed E-state index contributed by atoms with van der Waals surface area (Å²) in [5.74, 6) is 0.986. The maximum atomic E-state index is 14.1. The van der Waals surface area contributed by atoms with Gasteiger partial charge in [0.2, 0.25) is 0 Å². The highest BCUT2D eigenvalue weighted by Crippen LogP contribution is 2.38. The number of halogens is 3. The van der Waals surface area contributed by atoms with Crippen molar-refractivity contribution in [1.29, 1.82) is 0 Å². The van der Waals surface area contributed by atoms with Gasteiger partial charge in [-0.15, -0.1) is 0 Å². The standard InChI is InChI=1S/C15H13Br2FO2/c1-19-12-7-6-9(8-13(12)20-2)14(17)10-4-3-5-11(16)15(10)18/h3-8,14H,1-2H3. The van der Waals surface area contributed by atoms with Crippen LogP contribution in [0, 0.1) is 5.82 Å². The molecule has 0 saturated carbocycles. The monoisotopic (exact) mass is 402 g/mol. The molecular weight excluding hydrogens is 391 g/mol. The Morgan fingerprint density at radius 1 is 1.05 bits per heavy atom. The van der Waals surface area contributed by atoms with Crippen molar-refractivity contribution in [2.75, 3.05) is 14.2 Å². The Morgan fingerprint density at radius 3 is 2.40 bits per heavy atom. The van der Waals surface area contributed by atoms with Crippen LogP contribution in [0.5, 0.6) is 11.5 Å². The summed E-state index contributed by atoms with van der Waals surface area (Å²) in [7, 11) is 3.15. The molecular formula is C15H13Br2FO2. The van der Waals surface area contributed by atoms with E-state index in [9.17, 15) is 4.39 Å². The summed E-state index contributed by atoms with van der Waals surface area (Å²) in [5, 5.41) is 0. The highest BCUT2D eigenvalue weighted by molar-refractivity contribution is 9.10. The largest absolute Gasteiger partial charge is 0.493 e. The van der Waals surface area contributed by atoms with E-state index in [4.69, 9.17) is 9.47 Å². The average Bonchev–Trinajstić information content (AvgIpc) is 2.48. The van der Waals surface area contributed by atoms with Gasteiger partial charge in [-0.1, -0.05) is 34.1 Å². The molecule has 5 heteroatoms. The van der Waals surface area contributed by atoms with Crippen molar-refractivity contribution in [2.45, 2.75) is 4.83 Å². The van der Waals surface area contributed by atoms with Gasteiger partial charge < -0.3 is 9.47 Å². The maximum Gasteiger partial charge on any atom is 0.161 e. The Bertz CT molecular complexity index is 617. The van der Waals surface area contributed by atoms with Gasteiger partial charge in [-0.2, -0.15) is 0 Å². The van der Waals surface area contributed by atoms with E-state index >= 15 is 0 Å². The first-order valence-electron chi connectivity index (χ1n) is 5.88. The SMILES string of the molecule is COc1ccc(C(Br)c2cccc(Br)c2F)cc1OC. The predicted octanol–water partition coefficient (Wildman–Crippen LogP) is 5.09. The first kappa shape index (κ1) is 15.3. The normalized spacial score (nSPS) is 12.1. The molecule has 2 rings (SSSR count). The molecule has 0 fully saturated rings. The van der Waals surface area contributed by atoms with Crippen LogP contribution in [0.4, 0.5) is 4.39 Å². The van der Waals surface area contributed by atoms with Crippen molar-refractivity contribution < 1.29 is 13.9 Å². The third kappa shape index (κ3) is 2.99. The summed E-state index contributed by atoms with van der Waals surface area (Å²) in [6.45, 7) is 0. The van der Waals surface area contributed by atoms with Gasteiger partial charge >= 0.3 is 0 Å². The zero-order valence-electron chi connectivity index (χ0n) is 11.0. The van der Waals surface area contributed by atoms with E-state index in [0.29, 0.717) is 21.5 Å². The second-order valence-corrected chi connectivity index (χ2v) is 5.89. The van der Waals surface area contributed by atoms with Crippen LogP contribution in [-0.4, -0.2) is 14.2 Å². The molecule has 0 aliphatic carbocycles. The summed E-state index contributed by atoms with van der Waals surface area (Å²) in [4.78, 5) is -0.264. The molecule has 1 atom stereocenters. The number of hydrogen-bond donors (Lipinski definition) is 0. The van der Waals surface area contributed by atoms with Crippen molar-refractivity contribution in [3.05, 3.63) is 57.8 Å². The minimum Gasteiger partial charge on any atom is -0.493 e. The van der Waals surface area contributed by atoms with Crippen molar-refractivity contribution in [1.82, 2.24) is 0 Å². The Labute approximate surface area is 134 Å². The van der Waals surface area contributed by atoms with Gasteiger partial charge in [0.15, 0.2) is 11.5 Å². The summed E-state index contributed by atoms with van der Waals surface area (Å²) >= 11 is 6.73. The fourth-order valence-electron chi connectivity index (χ4n) is 1.91. The van der Waals surface area contributed by atoms with Crippen LogP contribution in [0.2, 0.25) is 0 Å². The first-order chi connectivity index (χ1) is 9.58. The van der Waals surface area contributed by atoms with Crippen LogP contribution >= 0.6 is 31.9 Å². The second-order valence-electron chi connectivity index (χ2n) is 4.12. The molecule has 2 aromatic rings. The zero-order chi connectivity index (χ0) is 14.7. The van der Waals surface area contributed by atoms with Crippen molar-refractivity contribution in [3.63, 3.8) is 0 Å².